The fourth-order valence-corrected chi connectivity index (χ4v) is 2.15. The van der Waals surface area contributed by atoms with Crippen LogP contribution >= 0.6 is 0 Å². The van der Waals surface area contributed by atoms with Gasteiger partial charge in [-0.05, 0) is 36.4 Å². The van der Waals surface area contributed by atoms with E-state index in [0.717, 1.165) is 0 Å². The number of nitrogens with zero attached hydrogens (tertiary/aromatic N) is 3. The number of nitrogens with two attached hydrogens (primary N) is 1. The van der Waals surface area contributed by atoms with E-state index >= 15 is 0 Å². The molecule has 0 saturated carbocycles. The van der Waals surface area contributed by atoms with Crippen molar-refractivity contribution >= 4 is 0 Å². The first-order valence-corrected chi connectivity index (χ1v) is 6.39. The Morgan fingerprint density at radius 1 is 1.10 bits per heavy atom. The molecule has 106 valence electrons. The topological polar surface area (TPSA) is 77.0 Å². The molecular formula is C15H13FN4O. The fourth-order valence-electron chi connectivity index (χ4n) is 2.15. The number of halogens is 1. The maximum atomic E-state index is 14.1. The molecule has 3 rings (SSSR count). The minimum Gasteiger partial charge on any atom is -0.508 e. The van der Waals surface area contributed by atoms with E-state index in [1.54, 1.807) is 30.3 Å². The van der Waals surface area contributed by atoms with E-state index in [-0.39, 0.29) is 18.1 Å². The Hall–Kier alpha value is -2.73. The highest BCUT2D eigenvalue weighted by Crippen LogP contribution is 2.27. The Kier molecular flexibility index (Phi) is 3.37. The number of aromatic nitrogens is 3. The molecule has 5 nitrogen and oxygen atoms in total. The lowest BCUT2D eigenvalue weighted by molar-refractivity contribution is 0.475. The third-order valence-electron chi connectivity index (χ3n) is 3.16. The largest absolute Gasteiger partial charge is 0.508 e. The Morgan fingerprint density at radius 3 is 2.48 bits per heavy atom. The predicted octanol–water partition coefficient (Wildman–Crippen LogP) is 2.24. The molecule has 0 radical (unpaired) electrons. The Bertz CT molecular complexity index is 768. The molecule has 1 aromatic heterocycles. The average molecular weight is 284 g/mol. The number of phenols is 1. The Labute approximate surface area is 120 Å². The number of rotatable bonds is 3. The average Bonchev–Trinajstić information content (AvgIpc) is 2.92. The van der Waals surface area contributed by atoms with Gasteiger partial charge in [0.2, 0.25) is 0 Å². The van der Waals surface area contributed by atoms with Crippen molar-refractivity contribution in [3.63, 3.8) is 0 Å². The SMILES string of the molecule is NCc1nnn(-c2ccc(O)cc2)c1-c1ccccc1F. The quantitative estimate of drug-likeness (QED) is 0.773. The van der Waals surface area contributed by atoms with Crippen molar-refractivity contribution in [2.45, 2.75) is 6.54 Å². The monoisotopic (exact) mass is 284 g/mol. The zero-order valence-corrected chi connectivity index (χ0v) is 11.1. The molecule has 21 heavy (non-hydrogen) atoms. The summed E-state index contributed by atoms with van der Waals surface area (Å²) in [5, 5.41) is 17.4. The Morgan fingerprint density at radius 2 is 1.81 bits per heavy atom. The van der Waals surface area contributed by atoms with E-state index in [0.29, 0.717) is 22.6 Å². The summed E-state index contributed by atoms with van der Waals surface area (Å²) in [5.74, 6) is -0.222. The number of hydrogen-bond donors (Lipinski definition) is 2. The van der Waals surface area contributed by atoms with Gasteiger partial charge in [-0.25, -0.2) is 9.07 Å². The van der Waals surface area contributed by atoms with Crippen molar-refractivity contribution in [3.8, 4) is 22.7 Å². The van der Waals surface area contributed by atoms with E-state index in [9.17, 15) is 9.50 Å². The Balaban J connectivity index is 2.22. The summed E-state index contributed by atoms with van der Waals surface area (Å²) in [7, 11) is 0. The fraction of sp³-hybridized carbons (Fsp3) is 0.0667. The maximum Gasteiger partial charge on any atom is 0.132 e. The van der Waals surface area contributed by atoms with Crippen LogP contribution in [0.4, 0.5) is 4.39 Å². The second kappa shape index (κ2) is 5.34. The lowest BCUT2D eigenvalue weighted by Crippen LogP contribution is -2.03. The molecule has 3 N–H and O–H groups in total. The summed E-state index contributed by atoms with van der Waals surface area (Å²) >= 11 is 0. The van der Waals surface area contributed by atoms with E-state index in [4.69, 9.17) is 5.73 Å². The summed E-state index contributed by atoms with van der Waals surface area (Å²) in [6.45, 7) is 0.155. The molecule has 0 amide bonds. The van der Waals surface area contributed by atoms with Gasteiger partial charge in [0.05, 0.1) is 5.69 Å². The first-order chi connectivity index (χ1) is 10.2. The van der Waals surface area contributed by atoms with Crippen molar-refractivity contribution in [3.05, 3.63) is 60.0 Å². The summed E-state index contributed by atoms with van der Waals surface area (Å²) in [6, 6.07) is 12.8. The van der Waals surface area contributed by atoms with Crippen LogP contribution in [0.25, 0.3) is 16.9 Å². The van der Waals surface area contributed by atoms with E-state index in [1.807, 2.05) is 0 Å². The predicted molar refractivity (Wildman–Crippen MR) is 76.3 cm³/mol. The van der Waals surface area contributed by atoms with Gasteiger partial charge in [0.15, 0.2) is 0 Å². The second-order valence-electron chi connectivity index (χ2n) is 4.50. The van der Waals surface area contributed by atoms with Crippen LogP contribution in [0.2, 0.25) is 0 Å². The van der Waals surface area contributed by atoms with Crippen molar-refractivity contribution in [1.82, 2.24) is 15.0 Å². The van der Waals surface area contributed by atoms with Gasteiger partial charge in [0, 0.05) is 12.1 Å². The highest BCUT2D eigenvalue weighted by Gasteiger charge is 2.18. The molecule has 2 aromatic carbocycles. The standard InChI is InChI=1S/C15H13FN4O/c16-13-4-2-1-3-12(13)15-14(9-17)18-19-20(15)10-5-7-11(21)8-6-10/h1-8,21H,9,17H2. The molecule has 0 unspecified atom stereocenters. The first-order valence-electron chi connectivity index (χ1n) is 6.39. The van der Waals surface area contributed by atoms with E-state index < -0.39 is 0 Å². The second-order valence-corrected chi connectivity index (χ2v) is 4.50. The highest BCUT2D eigenvalue weighted by atomic mass is 19.1. The number of benzene rings is 2. The van der Waals surface area contributed by atoms with Gasteiger partial charge in [-0.15, -0.1) is 5.10 Å². The van der Waals surface area contributed by atoms with Crippen LogP contribution in [-0.2, 0) is 6.54 Å². The van der Waals surface area contributed by atoms with Gasteiger partial charge in [0.1, 0.15) is 23.0 Å². The number of aromatic hydroxyl groups is 1. The lowest BCUT2D eigenvalue weighted by atomic mass is 10.1. The molecular weight excluding hydrogens is 271 g/mol. The first kappa shape index (κ1) is 13.3. The molecule has 3 aromatic rings. The lowest BCUT2D eigenvalue weighted by Gasteiger charge is -2.09. The van der Waals surface area contributed by atoms with E-state index in [2.05, 4.69) is 10.3 Å². The van der Waals surface area contributed by atoms with Crippen molar-refractivity contribution in [1.29, 1.82) is 0 Å². The van der Waals surface area contributed by atoms with Crippen LogP contribution < -0.4 is 5.73 Å². The highest BCUT2D eigenvalue weighted by molar-refractivity contribution is 5.65. The zero-order valence-electron chi connectivity index (χ0n) is 11.1. The number of hydrogen-bond acceptors (Lipinski definition) is 4. The number of phenolic OH excluding ortho intramolecular Hbond substituents is 1. The van der Waals surface area contributed by atoms with Crippen LogP contribution in [0.1, 0.15) is 5.69 Å². The summed E-state index contributed by atoms with van der Waals surface area (Å²) < 4.78 is 15.6. The van der Waals surface area contributed by atoms with Gasteiger partial charge in [-0.1, -0.05) is 17.3 Å². The minimum absolute atomic E-state index is 0.144. The summed E-state index contributed by atoms with van der Waals surface area (Å²) in [6.07, 6.45) is 0. The van der Waals surface area contributed by atoms with E-state index in [1.165, 1.54) is 22.9 Å². The molecule has 0 fully saturated rings. The molecule has 6 heteroatoms. The van der Waals surface area contributed by atoms with Crippen molar-refractivity contribution in [2.75, 3.05) is 0 Å². The van der Waals surface area contributed by atoms with Crippen LogP contribution in [-0.4, -0.2) is 20.1 Å². The van der Waals surface area contributed by atoms with Crippen LogP contribution in [0, 0.1) is 5.82 Å². The summed E-state index contributed by atoms with van der Waals surface area (Å²) in [4.78, 5) is 0. The van der Waals surface area contributed by atoms with Crippen LogP contribution in [0.15, 0.2) is 48.5 Å². The molecule has 0 saturated heterocycles. The minimum atomic E-state index is -0.366. The maximum absolute atomic E-state index is 14.1. The molecule has 0 bridgehead atoms. The molecule has 0 aliphatic heterocycles. The molecule has 0 aliphatic carbocycles. The normalized spacial score (nSPS) is 10.8. The molecule has 0 aliphatic rings. The van der Waals surface area contributed by atoms with Crippen LogP contribution in [0.5, 0.6) is 5.75 Å². The smallest absolute Gasteiger partial charge is 0.132 e. The van der Waals surface area contributed by atoms with Gasteiger partial charge >= 0.3 is 0 Å². The van der Waals surface area contributed by atoms with Gasteiger partial charge in [-0.2, -0.15) is 0 Å². The zero-order chi connectivity index (χ0) is 14.8. The third kappa shape index (κ3) is 2.36. The van der Waals surface area contributed by atoms with Crippen LogP contribution in [0.3, 0.4) is 0 Å². The van der Waals surface area contributed by atoms with Gasteiger partial charge in [-0.3, -0.25) is 0 Å². The van der Waals surface area contributed by atoms with Gasteiger partial charge in [0.25, 0.3) is 0 Å². The molecule has 0 spiro atoms. The third-order valence-corrected chi connectivity index (χ3v) is 3.16. The van der Waals surface area contributed by atoms with Crippen molar-refractivity contribution < 1.29 is 9.50 Å². The van der Waals surface area contributed by atoms with Crippen molar-refractivity contribution in [2.24, 2.45) is 5.73 Å². The summed E-state index contributed by atoms with van der Waals surface area (Å²) in [5.41, 5.74) is 7.75. The van der Waals surface area contributed by atoms with Gasteiger partial charge < -0.3 is 10.8 Å². The molecule has 0 atom stereocenters. The molecule has 1 heterocycles.